The number of furan rings is 1. The second kappa shape index (κ2) is 10.7. The lowest BCUT2D eigenvalue weighted by molar-refractivity contribution is 0.670. The molecule has 0 unspecified atom stereocenters. The summed E-state index contributed by atoms with van der Waals surface area (Å²) in [4.78, 5) is 10.6. The summed E-state index contributed by atoms with van der Waals surface area (Å²) in [5.41, 5.74) is 10.3. The van der Waals surface area contributed by atoms with E-state index in [0.29, 0.717) is 5.82 Å². The summed E-state index contributed by atoms with van der Waals surface area (Å²) < 4.78 is 9.08. The molecule has 10 rings (SSSR count). The van der Waals surface area contributed by atoms with E-state index >= 15 is 0 Å². The predicted molar refractivity (Wildman–Crippen MR) is 201 cm³/mol. The number of aromatic nitrogens is 2. The van der Waals surface area contributed by atoms with E-state index in [2.05, 4.69) is 152 Å². The van der Waals surface area contributed by atoms with Crippen molar-refractivity contribution in [3.05, 3.63) is 158 Å². The van der Waals surface area contributed by atoms with Gasteiger partial charge in [-0.1, -0.05) is 140 Å². The minimum absolute atomic E-state index is 0.709. The van der Waals surface area contributed by atoms with Gasteiger partial charge >= 0.3 is 0 Å². The van der Waals surface area contributed by atoms with Gasteiger partial charge in [0.25, 0.3) is 0 Å². The predicted octanol–water partition coefficient (Wildman–Crippen LogP) is 12.6. The molecule has 0 saturated heterocycles. The fourth-order valence-corrected chi connectivity index (χ4v) is 8.20. The molecule has 10 aromatic rings. The van der Waals surface area contributed by atoms with Gasteiger partial charge in [-0.3, -0.25) is 0 Å². The van der Waals surface area contributed by atoms with Crippen molar-refractivity contribution >= 4 is 64.4 Å². The van der Waals surface area contributed by atoms with Crippen LogP contribution < -0.4 is 0 Å². The molecule has 0 aliphatic rings. The van der Waals surface area contributed by atoms with Crippen molar-refractivity contribution in [1.29, 1.82) is 0 Å². The van der Waals surface area contributed by atoms with Gasteiger partial charge in [0, 0.05) is 37.5 Å². The second-order valence-electron chi connectivity index (χ2n) is 12.1. The van der Waals surface area contributed by atoms with Crippen LogP contribution in [-0.2, 0) is 0 Å². The summed E-state index contributed by atoms with van der Waals surface area (Å²) in [6.45, 7) is 0. The summed E-state index contributed by atoms with van der Waals surface area (Å²) >= 11 is 1.75. The molecular formula is C44H26N2OS. The molecule has 0 bridgehead atoms. The van der Waals surface area contributed by atoms with Crippen molar-refractivity contribution < 1.29 is 4.42 Å². The molecule has 0 atom stereocenters. The van der Waals surface area contributed by atoms with Gasteiger partial charge in [0.2, 0.25) is 0 Å². The molecule has 0 fully saturated rings. The van der Waals surface area contributed by atoms with E-state index < -0.39 is 0 Å². The number of nitrogens with zero attached hydrogens (tertiary/aromatic N) is 2. The molecule has 224 valence electrons. The fraction of sp³-hybridized carbons (Fsp3) is 0. The van der Waals surface area contributed by atoms with Gasteiger partial charge in [-0.25, -0.2) is 9.97 Å². The highest BCUT2D eigenvalue weighted by Gasteiger charge is 2.22. The SMILES string of the molecule is c1ccc(-c2ccc(-c3nc(-c4cccc5oc6c(-c7ccccc7)c7ccccc7cc6c45)c4sc5ccccc5c4n3)cc2)cc1. The van der Waals surface area contributed by atoms with E-state index in [4.69, 9.17) is 14.4 Å². The van der Waals surface area contributed by atoms with Crippen molar-refractivity contribution in [2.45, 2.75) is 0 Å². The average Bonchev–Trinajstić information content (AvgIpc) is 3.72. The van der Waals surface area contributed by atoms with Crippen molar-refractivity contribution in [2.75, 3.05) is 0 Å². The fourth-order valence-electron chi connectivity index (χ4n) is 7.06. The molecule has 3 heterocycles. The Labute approximate surface area is 280 Å². The Morgan fingerprint density at radius 3 is 1.98 bits per heavy atom. The molecule has 48 heavy (non-hydrogen) atoms. The van der Waals surface area contributed by atoms with Crippen LogP contribution in [0.4, 0.5) is 0 Å². The molecule has 0 radical (unpaired) electrons. The largest absolute Gasteiger partial charge is 0.455 e. The maximum atomic E-state index is 6.81. The van der Waals surface area contributed by atoms with Crippen LogP contribution in [0, 0.1) is 0 Å². The quantitative estimate of drug-likeness (QED) is 0.194. The molecule has 0 N–H and O–H groups in total. The van der Waals surface area contributed by atoms with E-state index in [9.17, 15) is 0 Å². The monoisotopic (exact) mass is 630 g/mol. The first-order chi connectivity index (χ1) is 23.8. The minimum atomic E-state index is 0.709. The van der Waals surface area contributed by atoms with E-state index in [1.54, 1.807) is 11.3 Å². The van der Waals surface area contributed by atoms with Crippen LogP contribution in [0.2, 0.25) is 0 Å². The third-order valence-electron chi connectivity index (χ3n) is 9.30. The number of rotatable bonds is 4. The first-order valence-electron chi connectivity index (χ1n) is 16.1. The zero-order chi connectivity index (χ0) is 31.6. The Morgan fingerprint density at radius 2 is 1.17 bits per heavy atom. The molecule has 0 aliphatic heterocycles. The van der Waals surface area contributed by atoms with Crippen molar-refractivity contribution in [2.24, 2.45) is 0 Å². The Kier molecular flexibility index (Phi) is 6.05. The van der Waals surface area contributed by atoms with Gasteiger partial charge in [-0.15, -0.1) is 11.3 Å². The van der Waals surface area contributed by atoms with Gasteiger partial charge < -0.3 is 4.42 Å². The molecule has 7 aromatic carbocycles. The zero-order valence-electron chi connectivity index (χ0n) is 25.7. The van der Waals surface area contributed by atoms with E-state index in [1.807, 2.05) is 6.07 Å². The highest BCUT2D eigenvalue weighted by Crippen LogP contribution is 2.46. The molecule has 0 amide bonds. The first-order valence-corrected chi connectivity index (χ1v) is 16.9. The molecule has 3 aromatic heterocycles. The normalized spacial score (nSPS) is 11.8. The molecule has 0 spiro atoms. The van der Waals surface area contributed by atoms with Crippen molar-refractivity contribution in [1.82, 2.24) is 9.97 Å². The van der Waals surface area contributed by atoms with Gasteiger partial charge in [0.1, 0.15) is 11.2 Å². The van der Waals surface area contributed by atoms with Crippen LogP contribution in [0.15, 0.2) is 162 Å². The Hall–Kier alpha value is -6.10. The molecule has 4 heteroatoms. The zero-order valence-corrected chi connectivity index (χ0v) is 26.5. The Bertz CT molecular complexity index is 2820. The summed E-state index contributed by atoms with van der Waals surface area (Å²) in [5.74, 6) is 0.709. The maximum absolute atomic E-state index is 6.81. The topological polar surface area (TPSA) is 38.9 Å². The lowest BCUT2D eigenvalue weighted by Crippen LogP contribution is -1.94. The number of fused-ring (bicyclic) bond motifs is 7. The summed E-state index contributed by atoms with van der Waals surface area (Å²) in [5, 5.41) is 5.64. The van der Waals surface area contributed by atoms with Crippen LogP contribution in [0.1, 0.15) is 0 Å². The average molecular weight is 631 g/mol. The number of benzene rings is 7. The smallest absolute Gasteiger partial charge is 0.160 e. The molecule has 0 aliphatic carbocycles. The van der Waals surface area contributed by atoms with Crippen LogP contribution in [0.3, 0.4) is 0 Å². The number of thiophene rings is 1. The third kappa shape index (κ3) is 4.20. The third-order valence-corrected chi connectivity index (χ3v) is 10.5. The van der Waals surface area contributed by atoms with E-state index in [-0.39, 0.29) is 0 Å². The van der Waals surface area contributed by atoms with E-state index in [1.165, 1.54) is 21.0 Å². The lowest BCUT2D eigenvalue weighted by atomic mass is 9.94. The van der Waals surface area contributed by atoms with E-state index in [0.717, 1.165) is 71.1 Å². The lowest BCUT2D eigenvalue weighted by Gasteiger charge is -2.10. The Morgan fingerprint density at radius 1 is 0.500 bits per heavy atom. The van der Waals surface area contributed by atoms with Gasteiger partial charge in [-0.2, -0.15) is 0 Å². The van der Waals surface area contributed by atoms with Crippen molar-refractivity contribution in [3.8, 4) is 44.9 Å². The molecule has 3 nitrogen and oxygen atoms in total. The Balaban J connectivity index is 1.27. The van der Waals surface area contributed by atoms with Crippen LogP contribution in [-0.4, -0.2) is 9.97 Å². The standard InChI is InChI=1S/C44H26N2OS/c1-3-12-27(13-4-1)28-22-24-30(25-23-28)44-45-40-33-18-9-10-21-37(33)48-43(40)41(46-44)34-19-11-20-36-39(34)35-26-31-16-7-8-17-32(31)38(42(35)47-36)29-14-5-2-6-15-29/h1-26H. The van der Waals surface area contributed by atoms with Crippen LogP contribution in [0.5, 0.6) is 0 Å². The first kappa shape index (κ1) is 27.1. The highest BCUT2D eigenvalue weighted by atomic mass is 32.1. The maximum Gasteiger partial charge on any atom is 0.160 e. The summed E-state index contributed by atoms with van der Waals surface area (Å²) in [6, 6.07) is 55.3. The van der Waals surface area contributed by atoms with Gasteiger partial charge in [-0.05, 0) is 45.7 Å². The van der Waals surface area contributed by atoms with Gasteiger partial charge in [0.05, 0.1) is 15.9 Å². The number of hydrogen-bond acceptors (Lipinski definition) is 4. The number of hydrogen-bond donors (Lipinski definition) is 0. The summed E-state index contributed by atoms with van der Waals surface area (Å²) in [6.07, 6.45) is 0. The summed E-state index contributed by atoms with van der Waals surface area (Å²) in [7, 11) is 0. The van der Waals surface area contributed by atoms with Crippen molar-refractivity contribution in [3.63, 3.8) is 0 Å². The minimum Gasteiger partial charge on any atom is -0.455 e. The van der Waals surface area contributed by atoms with Crippen LogP contribution >= 0.6 is 11.3 Å². The van der Waals surface area contributed by atoms with Gasteiger partial charge in [0.15, 0.2) is 5.82 Å². The molecular weight excluding hydrogens is 605 g/mol. The van der Waals surface area contributed by atoms with Crippen LogP contribution in [0.25, 0.3) is 97.9 Å². The highest BCUT2D eigenvalue weighted by molar-refractivity contribution is 7.26. The molecule has 0 saturated carbocycles. The second-order valence-corrected chi connectivity index (χ2v) is 13.2.